The van der Waals surface area contributed by atoms with Crippen LogP contribution in [0.3, 0.4) is 0 Å². The van der Waals surface area contributed by atoms with E-state index >= 15 is 0 Å². The van der Waals surface area contributed by atoms with Crippen LogP contribution in [0.4, 0.5) is 13.2 Å². The molecule has 1 aliphatic heterocycles. The van der Waals surface area contributed by atoms with Gasteiger partial charge in [-0.1, -0.05) is 11.6 Å². The number of likely N-dealkylation sites (tertiary alicyclic amines) is 1. The maximum absolute atomic E-state index is 13.0. The fraction of sp³-hybridized carbons (Fsp3) is 0.391. The van der Waals surface area contributed by atoms with Gasteiger partial charge < -0.3 is 15.4 Å². The fourth-order valence-electron chi connectivity index (χ4n) is 3.99. The van der Waals surface area contributed by atoms with Gasteiger partial charge in [0, 0.05) is 35.5 Å². The molecule has 0 bridgehead atoms. The van der Waals surface area contributed by atoms with E-state index in [4.69, 9.17) is 22.1 Å². The molecule has 32 heavy (non-hydrogen) atoms. The Hall–Kier alpha value is -2.74. The molecule has 0 unspecified atom stereocenters. The Bertz CT molecular complexity index is 995. The van der Waals surface area contributed by atoms with Crippen molar-refractivity contribution in [2.24, 2.45) is 11.1 Å². The SMILES string of the molecule is Cc1cc(OC[C@@]2(CC(N)=O)CCCN(C(=O)c3ccc(C(F)(F)F)cc3)C2)ccc1Cl. The molecule has 2 N–H and O–H groups in total. The molecular weight excluding hydrogens is 445 g/mol. The topological polar surface area (TPSA) is 72.6 Å². The fourth-order valence-corrected chi connectivity index (χ4v) is 4.11. The Morgan fingerprint density at radius 1 is 1.19 bits per heavy atom. The van der Waals surface area contributed by atoms with Gasteiger partial charge >= 0.3 is 6.18 Å². The van der Waals surface area contributed by atoms with Gasteiger partial charge in [0.1, 0.15) is 5.75 Å². The maximum Gasteiger partial charge on any atom is 0.416 e. The summed E-state index contributed by atoms with van der Waals surface area (Å²) in [5.41, 5.74) is 4.98. The van der Waals surface area contributed by atoms with Crippen LogP contribution in [0.15, 0.2) is 42.5 Å². The number of hydrogen-bond acceptors (Lipinski definition) is 3. The number of benzene rings is 2. The largest absolute Gasteiger partial charge is 0.493 e. The molecule has 1 heterocycles. The van der Waals surface area contributed by atoms with Crippen LogP contribution in [0, 0.1) is 12.3 Å². The standard InChI is InChI=1S/C23H24ClF3N2O3/c1-15-11-18(7-8-19(15)24)32-14-22(12-20(28)30)9-2-10-29(13-22)21(31)16-3-5-17(6-4-16)23(25,26)27/h3-8,11H,2,9-10,12-14H2,1H3,(H2,28,30)/t22-/m1/s1. The van der Waals surface area contributed by atoms with Crippen molar-refractivity contribution in [1.82, 2.24) is 4.90 Å². The number of nitrogens with two attached hydrogens (primary N) is 1. The van der Waals surface area contributed by atoms with Crippen molar-refractivity contribution in [2.75, 3.05) is 19.7 Å². The van der Waals surface area contributed by atoms with Crippen molar-refractivity contribution in [2.45, 2.75) is 32.4 Å². The normalized spacial score (nSPS) is 19.0. The summed E-state index contributed by atoms with van der Waals surface area (Å²) in [6.45, 7) is 2.65. The number of rotatable bonds is 6. The summed E-state index contributed by atoms with van der Waals surface area (Å²) in [6.07, 6.45) is -3.21. The predicted octanol–water partition coefficient (Wildman–Crippen LogP) is 4.84. The number of hydrogen-bond donors (Lipinski definition) is 1. The molecular formula is C23H24ClF3N2O3. The van der Waals surface area contributed by atoms with Gasteiger partial charge in [-0.3, -0.25) is 9.59 Å². The van der Waals surface area contributed by atoms with Gasteiger partial charge in [-0.25, -0.2) is 0 Å². The van der Waals surface area contributed by atoms with Crippen molar-refractivity contribution >= 4 is 23.4 Å². The van der Waals surface area contributed by atoms with Crippen molar-refractivity contribution in [3.8, 4) is 5.75 Å². The molecule has 0 radical (unpaired) electrons. The first-order chi connectivity index (χ1) is 15.0. The van der Waals surface area contributed by atoms with Crippen LogP contribution in [0.2, 0.25) is 5.02 Å². The van der Waals surface area contributed by atoms with E-state index in [0.29, 0.717) is 30.2 Å². The van der Waals surface area contributed by atoms with Crippen LogP contribution in [0.5, 0.6) is 5.75 Å². The zero-order valence-electron chi connectivity index (χ0n) is 17.5. The minimum atomic E-state index is -4.47. The van der Waals surface area contributed by atoms with Crippen molar-refractivity contribution < 1.29 is 27.5 Å². The van der Waals surface area contributed by atoms with Crippen molar-refractivity contribution in [1.29, 1.82) is 0 Å². The second-order valence-corrected chi connectivity index (χ2v) is 8.66. The van der Waals surface area contributed by atoms with Crippen molar-refractivity contribution in [3.05, 3.63) is 64.2 Å². The van der Waals surface area contributed by atoms with Crippen molar-refractivity contribution in [3.63, 3.8) is 0 Å². The molecule has 172 valence electrons. The third kappa shape index (κ3) is 5.73. The first-order valence-corrected chi connectivity index (χ1v) is 10.5. The number of aryl methyl sites for hydroxylation is 1. The molecule has 0 spiro atoms. The summed E-state index contributed by atoms with van der Waals surface area (Å²) >= 11 is 6.05. The minimum absolute atomic E-state index is 0.0242. The lowest BCUT2D eigenvalue weighted by Gasteiger charge is -2.42. The molecule has 1 aliphatic rings. The summed E-state index contributed by atoms with van der Waals surface area (Å²) in [5, 5.41) is 0.607. The molecule has 1 fully saturated rings. The Morgan fingerprint density at radius 3 is 2.47 bits per heavy atom. The summed E-state index contributed by atoms with van der Waals surface area (Å²) in [5.74, 6) is -0.318. The lowest BCUT2D eigenvalue weighted by atomic mass is 9.77. The molecule has 2 aromatic carbocycles. The first kappa shape index (κ1) is 23.9. The van der Waals surface area contributed by atoms with Gasteiger partial charge in [-0.05, 0) is 67.8 Å². The predicted molar refractivity (Wildman–Crippen MR) is 115 cm³/mol. The highest BCUT2D eigenvalue weighted by atomic mass is 35.5. The van der Waals surface area contributed by atoms with E-state index in [1.165, 1.54) is 12.1 Å². The molecule has 2 aromatic rings. The van der Waals surface area contributed by atoms with Gasteiger partial charge in [-0.2, -0.15) is 13.2 Å². The number of halogens is 4. The average Bonchev–Trinajstić information content (AvgIpc) is 2.73. The van der Waals surface area contributed by atoms with Gasteiger partial charge in [-0.15, -0.1) is 0 Å². The number of ether oxygens (including phenoxy) is 1. The van der Waals surface area contributed by atoms with E-state index in [-0.39, 0.29) is 25.1 Å². The van der Waals surface area contributed by atoms with Crippen LogP contribution >= 0.6 is 11.6 Å². The number of piperidine rings is 1. The van der Waals surface area contributed by atoms with Crippen LogP contribution in [-0.4, -0.2) is 36.4 Å². The lowest BCUT2D eigenvalue weighted by molar-refractivity contribution is -0.137. The number of primary amides is 1. The Labute approximate surface area is 189 Å². The smallest absolute Gasteiger partial charge is 0.416 e. The second kappa shape index (κ2) is 9.40. The third-order valence-corrected chi connectivity index (χ3v) is 6.06. The highest BCUT2D eigenvalue weighted by molar-refractivity contribution is 6.31. The number of carbonyl (C=O) groups excluding carboxylic acids is 2. The molecule has 0 aliphatic carbocycles. The van der Waals surface area contributed by atoms with E-state index in [9.17, 15) is 22.8 Å². The van der Waals surface area contributed by atoms with Gasteiger partial charge in [0.25, 0.3) is 5.91 Å². The Kier molecular flexibility index (Phi) is 7.03. The molecule has 1 atom stereocenters. The summed E-state index contributed by atoms with van der Waals surface area (Å²) in [6, 6.07) is 9.34. The molecule has 5 nitrogen and oxygen atoms in total. The lowest BCUT2D eigenvalue weighted by Crippen LogP contribution is -2.50. The quantitative estimate of drug-likeness (QED) is 0.659. The zero-order valence-corrected chi connectivity index (χ0v) is 18.3. The number of carbonyl (C=O) groups is 2. The van der Waals surface area contributed by atoms with Crippen LogP contribution in [-0.2, 0) is 11.0 Å². The van der Waals surface area contributed by atoms with E-state index < -0.39 is 29.0 Å². The van der Waals surface area contributed by atoms with Crippen LogP contribution in [0.1, 0.15) is 40.7 Å². The van der Waals surface area contributed by atoms with E-state index in [1.54, 1.807) is 23.1 Å². The summed E-state index contributed by atoms with van der Waals surface area (Å²) < 4.78 is 44.4. The highest BCUT2D eigenvalue weighted by Crippen LogP contribution is 2.36. The van der Waals surface area contributed by atoms with E-state index in [2.05, 4.69) is 0 Å². The van der Waals surface area contributed by atoms with E-state index in [1.807, 2.05) is 6.92 Å². The summed E-state index contributed by atoms with van der Waals surface area (Å²) in [4.78, 5) is 26.3. The Balaban J connectivity index is 1.76. The molecule has 3 rings (SSSR count). The van der Waals surface area contributed by atoms with Crippen LogP contribution in [0.25, 0.3) is 0 Å². The second-order valence-electron chi connectivity index (χ2n) is 8.25. The zero-order chi connectivity index (χ0) is 23.5. The average molecular weight is 469 g/mol. The molecule has 9 heteroatoms. The maximum atomic E-state index is 13.0. The molecule has 0 aromatic heterocycles. The number of amides is 2. The molecule has 1 saturated heterocycles. The Morgan fingerprint density at radius 2 is 1.88 bits per heavy atom. The first-order valence-electron chi connectivity index (χ1n) is 10.1. The van der Waals surface area contributed by atoms with Gasteiger partial charge in [0.05, 0.1) is 12.2 Å². The monoisotopic (exact) mass is 468 g/mol. The molecule has 2 amide bonds. The van der Waals surface area contributed by atoms with Crippen LogP contribution < -0.4 is 10.5 Å². The van der Waals surface area contributed by atoms with Gasteiger partial charge in [0.15, 0.2) is 0 Å². The number of nitrogens with zero attached hydrogens (tertiary/aromatic N) is 1. The van der Waals surface area contributed by atoms with E-state index in [0.717, 1.165) is 17.7 Å². The van der Waals surface area contributed by atoms with Gasteiger partial charge in [0.2, 0.25) is 5.91 Å². The molecule has 0 saturated carbocycles. The summed E-state index contributed by atoms with van der Waals surface area (Å²) in [7, 11) is 0. The number of alkyl halides is 3. The third-order valence-electron chi connectivity index (χ3n) is 5.63. The highest BCUT2D eigenvalue weighted by Gasteiger charge is 2.40. The minimum Gasteiger partial charge on any atom is -0.493 e.